The van der Waals surface area contributed by atoms with Gasteiger partial charge in [-0.1, -0.05) is 6.07 Å². The number of methoxy groups -OCH3 is 1. The molecule has 0 radical (unpaired) electrons. The molecule has 1 aromatic heterocycles. The highest BCUT2D eigenvalue weighted by Crippen LogP contribution is 2.27. The average Bonchev–Trinajstić information content (AvgIpc) is 2.73. The monoisotopic (exact) mass is 229 g/mol. The third-order valence-corrected chi connectivity index (χ3v) is 2.41. The van der Waals surface area contributed by atoms with E-state index < -0.39 is 0 Å². The van der Waals surface area contributed by atoms with Crippen LogP contribution in [-0.4, -0.2) is 23.1 Å². The fourth-order valence-electron chi connectivity index (χ4n) is 1.54. The molecule has 17 heavy (non-hydrogen) atoms. The van der Waals surface area contributed by atoms with Crippen molar-refractivity contribution in [3.05, 3.63) is 41.7 Å². The third-order valence-electron chi connectivity index (χ3n) is 2.41. The molecule has 88 valence electrons. The van der Waals surface area contributed by atoms with E-state index in [2.05, 4.69) is 10.1 Å². The van der Waals surface area contributed by atoms with E-state index in [-0.39, 0.29) is 0 Å². The van der Waals surface area contributed by atoms with E-state index in [0.29, 0.717) is 0 Å². The molecule has 2 aromatic rings. The summed E-state index contributed by atoms with van der Waals surface area (Å²) < 4.78 is 7.03. The Morgan fingerprint density at radius 3 is 2.88 bits per heavy atom. The Morgan fingerprint density at radius 1 is 1.41 bits per heavy atom. The highest BCUT2D eigenvalue weighted by molar-refractivity contribution is 5.82. The van der Waals surface area contributed by atoms with Crippen molar-refractivity contribution in [3.8, 4) is 5.75 Å². The first kappa shape index (κ1) is 11.4. The van der Waals surface area contributed by atoms with Gasteiger partial charge in [-0.05, 0) is 24.6 Å². The van der Waals surface area contributed by atoms with Crippen molar-refractivity contribution >= 4 is 11.9 Å². The van der Waals surface area contributed by atoms with Crippen molar-refractivity contribution in [1.29, 1.82) is 0 Å². The zero-order valence-corrected chi connectivity index (χ0v) is 10.2. The van der Waals surface area contributed by atoms with Gasteiger partial charge in [0.2, 0.25) is 0 Å². The molecule has 0 aliphatic heterocycles. The molecule has 1 aromatic carbocycles. The molecule has 1 heterocycles. The first-order valence-corrected chi connectivity index (χ1v) is 5.36. The van der Waals surface area contributed by atoms with Crippen molar-refractivity contribution in [2.45, 2.75) is 6.92 Å². The molecular weight excluding hydrogens is 214 g/mol. The molecule has 0 amide bonds. The fourth-order valence-corrected chi connectivity index (χ4v) is 1.54. The number of ether oxygens (including phenoxy) is 1. The smallest absolute Gasteiger partial charge is 0.144 e. The minimum atomic E-state index is 0.783. The summed E-state index contributed by atoms with van der Waals surface area (Å²) in [6.07, 6.45) is 5.45. The SMILES string of the molecule is COc1cc(C)ccc1/N=C/c1cnn(C)c1. The van der Waals surface area contributed by atoms with Crippen molar-refractivity contribution < 1.29 is 4.74 Å². The maximum absolute atomic E-state index is 5.29. The summed E-state index contributed by atoms with van der Waals surface area (Å²) in [5.74, 6) is 0.783. The Morgan fingerprint density at radius 2 is 2.24 bits per heavy atom. The number of hydrogen-bond acceptors (Lipinski definition) is 3. The maximum atomic E-state index is 5.29. The Bertz CT molecular complexity index is 543. The maximum Gasteiger partial charge on any atom is 0.144 e. The summed E-state index contributed by atoms with van der Waals surface area (Å²) in [7, 11) is 3.53. The van der Waals surface area contributed by atoms with E-state index in [1.165, 1.54) is 0 Å². The molecule has 0 aliphatic rings. The molecule has 0 atom stereocenters. The van der Waals surface area contributed by atoms with Crippen LogP contribution in [0.3, 0.4) is 0 Å². The van der Waals surface area contributed by atoms with E-state index in [1.54, 1.807) is 24.2 Å². The van der Waals surface area contributed by atoms with E-state index in [1.807, 2.05) is 38.4 Å². The summed E-state index contributed by atoms with van der Waals surface area (Å²) in [6, 6.07) is 5.93. The lowest BCUT2D eigenvalue weighted by Gasteiger charge is -2.04. The van der Waals surface area contributed by atoms with Gasteiger partial charge in [-0.3, -0.25) is 9.67 Å². The largest absolute Gasteiger partial charge is 0.494 e. The summed E-state index contributed by atoms with van der Waals surface area (Å²) in [5.41, 5.74) is 2.94. The number of nitrogens with zero attached hydrogens (tertiary/aromatic N) is 3. The highest BCUT2D eigenvalue weighted by Gasteiger charge is 2.00. The van der Waals surface area contributed by atoms with Crippen molar-refractivity contribution in [2.24, 2.45) is 12.0 Å². The molecule has 2 rings (SSSR count). The van der Waals surface area contributed by atoms with Gasteiger partial charge in [0, 0.05) is 25.0 Å². The van der Waals surface area contributed by atoms with Crippen LogP contribution in [0.25, 0.3) is 0 Å². The van der Waals surface area contributed by atoms with Crippen LogP contribution in [0.2, 0.25) is 0 Å². The van der Waals surface area contributed by atoms with Crippen LogP contribution in [0.1, 0.15) is 11.1 Å². The molecule has 4 heteroatoms. The van der Waals surface area contributed by atoms with Crippen LogP contribution in [0.15, 0.2) is 35.6 Å². The highest BCUT2D eigenvalue weighted by atomic mass is 16.5. The van der Waals surface area contributed by atoms with E-state index >= 15 is 0 Å². The molecule has 0 N–H and O–H groups in total. The van der Waals surface area contributed by atoms with Gasteiger partial charge in [-0.15, -0.1) is 0 Å². The molecule has 4 nitrogen and oxygen atoms in total. The molecule has 0 saturated heterocycles. The lowest BCUT2D eigenvalue weighted by Crippen LogP contribution is -1.86. The number of rotatable bonds is 3. The van der Waals surface area contributed by atoms with Crippen LogP contribution < -0.4 is 4.74 Å². The first-order valence-electron chi connectivity index (χ1n) is 5.36. The molecule has 0 fully saturated rings. The lowest BCUT2D eigenvalue weighted by molar-refractivity contribution is 0.416. The molecule has 0 saturated carbocycles. The topological polar surface area (TPSA) is 39.4 Å². The predicted molar refractivity (Wildman–Crippen MR) is 68.2 cm³/mol. The number of aromatic nitrogens is 2. The Labute approximate surface area is 101 Å². The molecule has 0 aliphatic carbocycles. The number of benzene rings is 1. The van der Waals surface area contributed by atoms with E-state index in [4.69, 9.17) is 4.74 Å². The zero-order valence-electron chi connectivity index (χ0n) is 10.2. The van der Waals surface area contributed by atoms with Gasteiger partial charge in [-0.25, -0.2) is 0 Å². The number of aryl methyl sites for hydroxylation is 2. The fraction of sp³-hybridized carbons (Fsp3) is 0.231. The van der Waals surface area contributed by atoms with Crippen molar-refractivity contribution in [3.63, 3.8) is 0 Å². The van der Waals surface area contributed by atoms with Crippen LogP contribution in [-0.2, 0) is 7.05 Å². The summed E-state index contributed by atoms with van der Waals surface area (Å²) >= 11 is 0. The van der Waals surface area contributed by atoms with E-state index in [0.717, 1.165) is 22.6 Å². The second-order valence-electron chi connectivity index (χ2n) is 3.88. The molecular formula is C13H15N3O. The van der Waals surface area contributed by atoms with Gasteiger partial charge < -0.3 is 4.74 Å². The minimum absolute atomic E-state index is 0.783. The van der Waals surface area contributed by atoms with Gasteiger partial charge in [0.25, 0.3) is 0 Å². The minimum Gasteiger partial charge on any atom is -0.494 e. The standard InChI is InChI=1S/C13H15N3O/c1-10-4-5-12(13(6-10)17-3)14-7-11-8-15-16(2)9-11/h4-9H,1-3H3/b14-7+. The van der Waals surface area contributed by atoms with Crippen LogP contribution >= 0.6 is 0 Å². The predicted octanol–water partition coefficient (Wildman–Crippen LogP) is 2.49. The molecule has 0 spiro atoms. The van der Waals surface area contributed by atoms with Crippen molar-refractivity contribution in [2.75, 3.05) is 7.11 Å². The quantitative estimate of drug-likeness (QED) is 0.758. The summed E-state index contributed by atoms with van der Waals surface area (Å²) in [5, 5.41) is 4.08. The zero-order chi connectivity index (χ0) is 12.3. The van der Waals surface area contributed by atoms with Crippen molar-refractivity contribution in [1.82, 2.24) is 9.78 Å². The normalized spacial score (nSPS) is 11.0. The van der Waals surface area contributed by atoms with E-state index in [9.17, 15) is 0 Å². The lowest BCUT2D eigenvalue weighted by atomic mass is 10.2. The summed E-state index contributed by atoms with van der Waals surface area (Å²) in [6.45, 7) is 2.02. The van der Waals surface area contributed by atoms with Gasteiger partial charge in [0.05, 0.1) is 13.3 Å². The Hall–Kier alpha value is -2.10. The molecule has 0 bridgehead atoms. The van der Waals surface area contributed by atoms with Gasteiger partial charge >= 0.3 is 0 Å². The Balaban J connectivity index is 2.26. The number of hydrogen-bond donors (Lipinski definition) is 0. The van der Waals surface area contributed by atoms with Gasteiger partial charge in [0.1, 0.15) is 11.4 Å². The Kier molecular flexibility index (Phi) is 3.23. The summed E-state index contributed by atoms with van der Waals surface area (Å²) in [4.78, 5) is 4.40. The van der Waals surface area contributed by atoms with Crippen LogP contribution in [0.4, 0.5) is 5.69 Å². The molecule has 0 unspecified atom stereocenters. The third kappa shape index (κ3) is 2.72. The number of aliphatic imine (C=N–C) groups is 1. The van der Waals surface area contributed by atoms with Crippen LogP contribution in [0.5, 0.6) is 5.75 Å². The first-order chi connectivity index (χ1) is 8.19. The second-order valence-corrected chi connectivity index (χ2v) is 3.88. The second kappa shape index (κ2) is 4.82. The van der Waals surface area contributed by atoms with Gasteiger partial charge in [-0.2, -0.15) is 5.10 Å². The average molecular weight is 229 g/mol. The van der Waals surface area contributed by atoms with Crippen LogP contribution in [0, 0.1) is 6.92 Å². The van der Waals surface area contributed by atoms with Gasteiger partial charge in [0.15, 0.2) is 0 Å².